The van der Waals surface area contributed by atoms with E-state index in [-0.39, 0.29) is 34.9 Å². The van der Waals surface area contributed by atoms with Crippen LogP contribution < -0.4 is 15.0 Å². The van der Waals surface area contributed by atoms with Gasteiger partial charge in [0.05, 0.1) is 25.3 Å². The van der Waals surface area contributed by atoms with E-state index in [1.165, 1.54) is 37.1 Å². The van der Waals surface area contributed by atoms with E-state index in [4.69, 9.17) is 35.3 Å². The van der Waals surface area contributed by atoms with Gasteiger partial charge < -0.3 is 38.6 Å². The summed E-state index contributed by atoms with van der Waals surface area (Å²) in [5, 5.41) is 14.0. The van der Waals surface area contributed by atoms with Crippen LogP contribution in [-0.4, -0.2) is 109 Å². The molecular weight excluding hydrogens is 738 g/mol. The summed E-state index contributed by atoms with van der Waals surface area (Å²) in [6.45, 7) is 16.5. The molecule has 0 aliphatic carbocycles. The molecule has 3 amide bonds. The van der Waals surface area contributed by atoms with Crippen molar-refractivity contribution in [3.8, 4) is 5.75 Å². The van der Waals surface area contributed by atoms with Crippen molar-refractivity contribution in [2.45, 2.75) is 127 Å². The monoisotopic (exact) mass is 795 g/mol. The number of nitrogens with one attached hydrogen (secondary N) is 1. The minimum Gasteiger partial charge on any atom is -0.495 e. The van der Waals surface area contributed by atoms with E-state index >= 15 is 0 Å². The molecule has 15 heteroatoms. The lowest BCUT2D eigenvalue weighted by Crippen LogP contribution is -2.63. The number of epoxide rings is 1. The molecular formula is C39H58ClN3O10S. The van der Waals surface area contributed by atoms with Gasteiger partial charge in [0, 0.05) is 44.7 Å². The first-order valence-corrected chi connectivity index (χ1v) is 18.9. The number of halogens is 1. The number of alkyl carbamates (subject to hydrolysis) is 1. The van der Waals surface area contributed by atoms with Crippen LogP contribution >= 0.6 is 24.2 Å². The lowest BCUT2D eigenvalue weighted by atomic mass is 9.83. The Bertz CT molecular complexity index is 1600. The number of cyclic esters (lactones) is 1. The van der Waals surface area contributed by atoms with Crippen LogP contribution in [0, 0.1) is 5.92 Å². The second kappa shape index (κ2) is 18.1. The molecule has 1 aromatic carbocycles. The molecule has 8 atom stereocenters. The zero-order chi connectivity index (χ0) is 40.9. The molecule has 0 bridgehead atoms. The van der Waals surface area contributed by atoms with E-state index in [2.05, 4.69) is 24.5 Å². The summed E-state index contributed by atoms with van der Waals surface area (Å²) in [6.07, 6.45) is -0.211. The van der Waals surface area contributed by atoms with Crippen molar-refractivity contribution in [2.24, 2.45) is 5.92 Å². The number of hydrogen-bond donors (Lipinski definition) is 3. The maximum absolute atomic E-state index is 14.2. The number of methoxy groups -OCH3 is 2. The highest BCUT2D eigenvalue weighted by atomic mass is 35.5. The molecule has 2 aliphatic rings. The van der Waals surface area contributed by atoms with Crippen LogP contribution in [0.15, 0.2) is 36.4 Å². The quantitative estimate of drug-likeness (QED) is 0.0736. The van der Waals surface area contributed by atoms with Gasteiger partial charge in [0.1, 0.15) is 40.7 Å². The molecule has 0 saturated carbocycles. The molecule has 2 N–H and O–H groups in total. The number of nitrogens with zero attached hydrogens (tertiary/aromatic N) is 2. The highest BCUT2D eigenvalue weighted by molar-refractivity contribution is 7.81. The van der Waals surface area contributed by atoms with Gasteiger partial charge in [0.2, 0.25) is 11.8 Å². The van der Waals surface area contributed by atoms with Gasteiger partial charge in [-0.05, 0) is 58.2 Å². The third-order valence-electron chi connectivity index (χ3n) is 10.5. The summed E-state index contributed by atoms with van der Waals surface area (Å²) in [5.74, 6) is -1.59. The number of aliphatic hydroxyl groups is 1. The third kappa shape index (κ3) is 10.7. The van der Waals surface area contributed by atoms with Gasteiger partial charge in [-0.3, -0.25) is 14.9 Å². The molecule has 2 aliphatic heterocycles. The van der Waals surface area contributed by atoms with Crippen molar-refractivity contribution in [3.05, 3.63) is 47.0 Å². The van der Waals surface area contributed by atoms with Crippen LogP contribution in [0.2, 0.25) is 5.02 Å². The first-order chi connectivity index (χ1) is 25.0. The Morgan fingerprint density at radius 3 is 2.43 bits per heavy atom. The fraction of sp³-hybridized carbons (Fsp3) is 0.641. The number of ether oxygens (including phenoxy) is 5. The van der Waals surface area contributed by atoms with Crippen LogP contribution in [0.25, 0.3) is 0 Å². The average Bonchev–Trinajstić information content (AvgIpc) is 3.81. The Kier molecular flexibility index (Phi) is 15.1. The van der Waals surface area contributed by atoms with Gasteiger partial charge in [-0.15, -0.1) is 6.58 Å². The smallest absolute Gasteiger partial charge is 0.409 e. The predicted octanol–water partition coefficient (Wildman–Crippen LogP) is 5.64. The maximum Gasteiger partial charge on any atom is 0.409 e. The van der Waals surface area contributed by atoms with Crippen LogP contribution in [0.5, 0.6) is 5.75 Å². The zero-order valence-corrected chi connectivity index (χ0v) is 35.0. The molecule has 2 saturated heterocycles. The number of amides is 3. The number of thiol groups is 1. The first kappa shape index (κ1) is 45.1. The van der Waals surface area contributed by atoms with E-state index in [0.29, 0.717) is 24.3 Å². The number of anilines is 1. The van der Waals surface area contributed by atoms with Gasteiger partial charge in [0.15, 0.2) is 5.72 Å². The number of carbonyl (C=O) groups is 4. The number of likely N-dealkylation sites (N-methyl/N-ethyl adjacent to an activating group) is 1. The van der Waals surface area contributed by atoms with Crippen molar-refractivity contribution < 1.29 is 48.0 Å². The second-order valence-corrected chi connectivity index (χ2v) is 16.8. The van der Waals surface area contributed by atoms with Gasteiger partial charge in [-0.1, -0.05) is 50.1 Å². The van der Waals surface area contributed by atoms with E-state index in [0.717, 1.165) is 11.1 Å². The van der Waals surface area contributed by atoms with Crippen LogP contribution in [-0.2, 0) is 39.8 Å². The highest BCUT2D eigenvalue weighted by Gasteiger charge is 2.64. The summed E-state index contributed by atoms with van der Waals surface area (Å²) >= 11 is 11.2. The van der Waals surface area contributed by atoms with E-state index in [9.17, 15) is 24.3 Å². The first-order valence-electron chi connectivity index (χ1n) is 18.0. The molecule has 0 radical (unpaired) electrons. The molecule has 302 valence electrons. The lowest BCUT2D eigenvalue weighted by Gasteiger charge is -2.42. The second-order valence-electron chi connectivity index (χ2n) is 15.2. The van der Waals surface area contributed by atoms with Crippen molar-refractivity contribution in [1.29, 1.82) is 0 Å². The number of esters is 1. The van der Waals surface area contributed by atoms with Crippen molar-refractivity contribution >= 4 is 53.8 Å². The largest absolute Gasteiger partial charge is 0.495 e. The topological polar surface area (TPSA) is 156 Å². The molecule has 2 fully saturated rings. The maximum atomic E-state index is 14.2. The normalized spacial score (nSPS) is 24.9. The molecule has 0 unspecified atom stereocenters. The summed E-state index contributed by atoms with van der Waals surface area (Å²) in [6, 6.07) is 2.64. The summed E-state index contributed by atoms with van der Waals surface area (Å²) in [5.41, 5.74) is -0.654. The SMILES string of the molecule is C=C[C@@H](OC)[C@@]1(O)C[C@@H]([C@@H](C)[C@@H]2O[C@@]2(C)[C@H](CC(=O)N(C)c2cc(C/C(C)=C\C)cc(OC)c2Cl)OC(=O)[C@H](C)N(C)C(=O)CCC(C)(C)S)OC(=O)N1. The van der Waals surface area contributed by atoms with E-state index < -0.39 is 65.7 Å². The van der Waals surface area contributed by atoms with Crippen LogP contribution in [0.1, 0.15) is 79.7 Å². The number of allylic oxidation sites excluding steroid dienone is 2. The van der Waals surface area contributed by atoms with Crippen molar-refractivity contribution in [2.75, 3.05) is 33.2 Å². The molecule has 13 nitrogen and oxygen atoms in total. The number of hydrogen-bond acceptors (Lipinski definition) is 11. The average molecular weight is 796 g/mol. The third-order valence-corrected chi connectivity index (χ3v) is 11.1. The zero-order valence-electron chi connectivity index (χ0n) is 33.4. The number of benzene rings is 1. The molecule has 54 heavy (non-hydrogen) atoms. The lowest BCUT2D eigenvalue weighted by molar-refractivity contribution is -0.162. The van der Waals surface area contributed by atoms with Gasteiger partial charge in [-0.25, -0.2) is 9.59 Å². The molecule has 2 heterocycles. The van der Waals surface area contributed by atoms with Gasteiger partial charge >= 0.3 is 12.1 Å². The molecule has 0 aromatic heterocycles. The Morgan fingerprint density at radius 2 is 1.87 bits per heavy atom. The minimum atomic E-state index is -1.81. The highest BCUT2D eigenvalue weighted by Crippen LogP contribution is 2.49. The number of carbonyl (C=O) groups excluding carboxylic acids is 4. The van der Waals surface area contributed by atoms with Crippen LogP contribution in [0.3, 0.4) is 0 Å². The summed E-state index contributed by atoms with van der Waals surface area (Å²) in [7, 11) is 5.98. The molecule has 1 aromatic rings. The van der Waals surface area contributed by atoms with Gasteiger partial charge in [0.25, 0.3) is 0 Å². The predicted molar refractivity (Wildman–Crippen MR) is 210 cm³/mol. The minimum absolute atomic E-state index is 0.0666. The Hall–Kier alpha value is -3.30. The fourth-order valence-electron chi connectivity index (χ4n) is 6.58. The Balaban J connectivity index is 1.94. The Labute approximate surface area is 330 Å². The van der Waals surface area contributed by atoms with Crippen LogP contribution in [0.4, 0.5) is 10.5 Å². The van der Waals surface area contributed by atoms with E-state index in [1.54, 1.807) is 27.8 Å². The molecule has 3 rings (SSSR count). The van der Waals surface area contributed by atoms with Gasteiger partial charge in [-0.2, -0.15) is 12.6 Å². The number of rotatable bonds is 18. The standard InChI is InChI=1S/C39H58ClN3O10S/c1-13-22(3)17-25-18-26(33(40)27(19-25)49-11)43(10)32(45)20-30(52-35(46)24(5)42(9)31(44)15-16-37(6,7)54)38(8)34(53-38)23(4)28-21-39(48,29(14-2)50-12)41-36(47)51-28/h13-14,18-19,23-24,28-30,34,48,54H,2,15-17,20-21H2,1,3-12H3,(H,41,47)/b22-13-/t23-,24+,28+,29-,30+,34+,38+,39+/m1/s1. The fourth-order valence-corrected chi connectivity index (χ4v) is 7.01. The molecule has 0 spiro atoms. The van der Waals surface area contributed by atoms with Crippen molar-refractivity contribution in [3.63, 3.8) is 0 Å². The van der Waals surface area contributed by atoms with E-state index in [1.807, 2.05) is 45.9 Å². The Morgan fingerprint density at radius 1 is 1.22 bits per heavy atom. The summed E-state index contributed by atoms with van der Waals surface area (Å²) in [4.78, 5) is 56.3. The summed E-state index contributed by atoms with van der Waals surface area (Å²) < 4.78 is 28.4. The van der Waals surface area contributed by atoms with Crippen molar-refractivity contribution in [1.82, 2.24) is 10.2 Å².